The fourth-order valence-corrected chi connectivity index (χ4v) is 2.07. The molecular weight excluding hydrogens is 300 g/mol. The van der Waals surface area contributed by atoms with Gasteiger partial charge in [0.25, 0.3) is 5.91 Å². The van der Waals surface area contributed by atoms with Crippen molar-refractivity contribution < 1.29 is 18.3 Å². The lowest BCUT2D eigenvalue weighted by Crippen LogP contribution is -2.32. The number of aryl methyl sites for hydroxylation is 2. The summed E-state index contributed by atoms with van der Waals surface area (Å²) in [5.74, 6) is -1.77. The summed E-state index contributed by atoms with van der Waals surface area (Å²) in [6.07, 6.45) is -0.271. The first-order valence-corrected chi connectivity index (χ1v) is 7.40. The lowest BCUT2D eigenvalue weighted by Gasteiger charge is -2.18. The third-order valence-electron chi connectivity index (χ3n) is 3.61. The number of nitrogens with one attached hydrogen (secondary N) is 1. The van der Waals surface area contributed by atoms with Crippen molar-refractivity contribution in [2.24, 2.45) is 0 Å². The molecule has 1 atom stereocenters. The van der Waals surface area contributed by atoms with Crippen molar-refractivity contribution in [1.82, 2.24) is 0 Å². The number of rotatable bonds is 5. The molecule has 5 heteroatoms. The van der Waals surface area contributed by atoms with Crippen LogP contribution in [0.4, 0.5) is 14.5 Å². The third kappa shape index (κ3) is 4.28. The molecule has 0 fully saturated rings. The average Bonchev–Trinajstić information content (AvgIpc) is 2.52. The van der Waals surface area contributed by atoms with Crippen LogP contribution in [0.5, 0.6) is 5.75 Å². The van der Waals surface area contributed by atoms with Gasteiger partial charge in [-0.05, 0) is 55.7 Å². The van der Waals surface area contributed by atoms with Gasteiger partial charge in [-0.2, -0.15) is 0 Å². The quantitative estimate of drug-likeness (QED) is 0.888. The van der Waals surface area contributed by atoms with E-state index in [-0.39, 0.29) is 5.69 Å². The Morgan fingerprint density at radius 2 is 1.83 bits per heavy atom. The molecule has 1 N–H and O–H groups in total. The lowest BCUT2D eigenvalue weighted by molar-refractivity contribution is -0.122. The van der Waals surface area contributed by atoms with E-state index in [1.807, 2.05) is 32.9 Å². The second-order valence-electron chi connectivity index (χ2n) is 5.38. The van der Waals surface area contributed by atoms with Gasteiger partial charge in [-0.3, -0.25) is 4.79 Å². The van der Waals surface area contributed by atoms with Crippen LogP contribution >= 0.6 is 0 Å². The predicted octanol–water partition coefficient (Wildman–Crippen LogP) is 4.38. The van der Waals surface area contributed by atoms with Crippen LogP contribution in [-0.2, 0) is 4.79 Å². The first-order chi connectivity index (χ1) is 10.9. The second-order valence-corrected chi connectivity index (χ2v) is 5.38. The van der Waals surface area contributed by atoms with Gasteiger partial charge in [-0.1, -0.05) is 13.0 Å². The third-order valence-corrected chi connectivity index (χ3v) is 3.61. The zero-order valence-electron chi connectivity index (χ0n) is 13.3. The van der Waals surface area contributed by atoms with E-state index in [0.29, 0.717) is 12.2 Å². The topological polar surface area (TPSA) is 38.3 Å². The van der Waals surface area contributed by atoms with Crippen molar-refractivity contribution in [3.63, 3.8) is 0 Å². The van der Waals surface area contributed by atoms with Crippen LogP contribution in [0.2, 0.25) is 0 Å². The zero-order chi connectivity index (χ0) is 17.0. The van der Waals surface area contributed by atoms with E-state index in [9.17, 15) is 13.6 Å². The molecule has 0 saturated heterocycles. The number of amides is 1. The Labute approximate surface area is 134 Å². The summed E-state index contributed by atoms with van der Waals surface area (Å²) in [5.41, 5.74) is 2.39. The van der Waals surface area contributed by atoms with E-state index in [1.54, 1.807) is 6.07 Å². The van der Waals surface area contributed by atoms with Crippen molar-refractivity contribution >= 4 is 11.6 Å². The van der Waals surface area contributed by atoms with E-state index in [1.165, 1.54) is 6.07 Å². The summed E-state index contributed by atoms with van der Waals surface area (Å²) < 4.78 is 31.8. The van der Waals surface area contributed by atoms with Gasteiger partial charge >= 0.3 is 0 Å². The van der Waals surface area contributed by atoms with E-state index in [0.717, 1.165) is 23.3 Å². The fraction of sp³-hybridized carbons (Fsp3) is 0.278. The molecular formula is C18H19F2NO2. The van der Waals surface area contributed by atoms with Crippen LogP contribution in [-0.4, -0.2) is 12.0 Å². The first-order valence-electron chi connectivity index (χ1n) is 7.40. The van der Waals surface area contributed by atoms with Crippen LogP contribution in [0.15, 0.2) is 36.4 Å². The van der Waals surface area contributed by atoms with E-state index >= 15 is 0 Å². The highest BCUT2D eigenvalue weighted by Gasteiger charge is 2.19. The molecule has 2 aromatic rings. The second kappa shape index (κ2) is 7.22. The molecule has 0 aliphatic carbocycles. The number of hydrogen-bond acceptors (Lipinski definition) is 2. The van der Waals surface area contributed by atoms with Gasteiger partial charge in [0.05, 0.1) is 0 Å². The van der Waals surface area contributed by atoms with Crippen molar-refractivity contribution in [3.05, 3.63) is 59.2 Å². The molecule has 3 nitrogen and oxygen atoms in total. The monoisotopic (exact) mass is 319 g/mol. The number of anilines is 1. The maximum absolute atomic E-state index is 13.2. The van der Waals surface area contributed by atoms with Gasteiger partial charge in [-0.25, -0.2) is 8.78 Å². The molecule has 23 heavy (non-hydrogen) atoms. The molecule has 0 saturated carbocycles. The largest absolute Gasteiger partial charge is 0.481 e. The first kappa shape index (κ1) is 16.9. The Morgan fingerprint density at radius 3 is 2.43 bits per heavy atom. The number of hydrogen-bond donors (Lipinski definition) is 1. The molecule has 0 bridgehead atoms. The molecule has 1 amide bonds. The molecule has 0 aliphatic heterocycles. The minimum atomic E-state index is -1.01. The van der Waals surface area contributed by atoms with Gasteiger partial charge < -0.3 is 10.1 Å². The average molecular weight is 319 g/mol. The maximum Gasteiger partial charge on any atom is 0.265 e. The normalized spacial score (nSPS) is 11.9. The fourth-order valence-electron chi connectivity index (χ4n) is 2.07. The predicted molar refractivity (Wildman–Crippen MR) is 85.6 cm³/mol. The summed E-state index contributed by atoms with van der Waals surface area (Å²) in [5, 5.41) is 2.54. The summed E-state index contributed by atoms with van der Waals surface area (Å²) in [7, 11) is 0. The standard InChI is InChI=1S/C18H19F2NO2/c1-4-17(23-14-7-5-11(2)12(3)9-14)18(22)21-13-6-8-15(19)16(20)10-13/h5-10,17H,4H2,1-3H3,(H,21,22). The number of halogens is 2. The number of carbonyl (C=O) groups excluding carboxylic acids is 1. The van der Waals surface area contributed by atoms with Crippen molar-refractivity contribution in [2.75, 3.05) is 5.32 Å². The summed E-state index contributed by atoms with van der Waals surface area (Å²) in [6.45, 7) is 5.77. The van der Waals surface area contributed by atoms with Crippen LogP contribution < -0.4 is 10.1 Å². The molecule has 1 unspecified atom stereocenters. The number of benzene rings is 2. The SMILES string of the molecule is CCC(Oc1ccc(C)c(C)c1)C(=O)Nc1ccc(F)c(F)c1. The van der Waals surface area contributed by atoms with Gasteiger partial charge in [0.15, 0.2) is 17.7 Å². The molecule has 0 spiro atoms. The minimum absolute atomic E-state index is 0.191. The molecule has 122 valence electrons. The molecule has 0 radical (unpaired) electrons. The maximum atomic E-state index is 13.2. The smallest absolute Gasteiger partial charge is 0.265 e. The van der Waals surface area contributed by atoms with Crippen LogP contribution in [0.1, 0.15) is 24.5 Å². The number of carbonyl (C=O) groups is 1. The van der Waals surface area contributed by atoms with Gasteiger partial charge in [-0.15, -0.1) is 0 Å². The Balaban J connectivity index is 2.08. The van der Waals surface area contributed by atoms with Crippen LogP contribution in [0.3, 0.4) is 0 Å². The molecule has 2 aromatic carbocycles. The summed E-state index contributed by atoms with van der Waals surface area (Å²) in [4.78, 5) is 12.2. The molecule has 0 heterocycles. The van der Waals surface area contributed by atoms with Gasteiger partial charge in [0.2, 0.25) is 0 Å². The summed E-state index contributed by atoms with van der Waals surface area (Å²) >= 11 is 0. The van der Waals surface area contributed by atoms with Crippen molar-refractivity contribution in [2.45, 2.75) is 33.3 Å². The van der Waals surface area contributed by atoms with Gasteiger partial charge in [0.1, 0.15) is 5.75 Å². The molecule has 0 aromatic heterocycles. The van der Waals surface area contributed by atoms with E-state index < -0.39 is 23.6 Å². The van der Waals surface area contributed by atoms with Crippen molar-refractivity contribution in [1.29, 1.82) is 0 Å². The van der Waals surface area contributed by atoms with Crippen LogP contribution in [0, 0.1) is 25.5 Å². The van der Waals surface area contributed by atoms with Crippen molar-refractivity contribution in [3.8, 4) is 5.75 Å². The molecule has 0 aliphatic rings. The Morgan fingerprint density at radius 1 is 1.09 bits per heavy atom. The Kier molecular flexibility index (Phi) is 5.32. The Hall–Kier alpha value is -2.43. The number of ether oxygens (including phenoxy) is 1. The molecule has 2 rings (SSSR count). The highest BCUT2D eigenvalue weighted by Crippen LogP contribution is 2.20. The van der Waals surface area contributed by atoms with Crippen LogP contribution in [0.25, 0.3) is 0 Å². The van der Waals surface area contributed by atoms with Gasteiger partial charge in [0, 0.05) is 11.8 Å². The minimum Gasteiger partial charge on any atom is -0.481 e. The summed E-state index contributed by atoms with van der Waals surface area (Å²) in [6, 6.07) is 8.80. The van der Waals surface area contributed by atoms with E-state index in [4.69, 9.17) is 4.74 Å². The zero-order valence-corrected chi connectivity index (χ0v) is 13.3. The highest BCUT2D eigenvalue weighted by molar-refractivity contribution is 5.94. The Bertz CT molecular complexity index is 716. The lowest BCUT2D eigenvalue weighted by atomic mass is 10.1. The highest BCUT2D eigenvalue weighted by atomic mass is 19.2. The van der Waals surface area contributed by atoms with E-state index in [2.05, 4.69) is 5.32 Å².